The Morgan fingerprint density at radius 2 is 1.92 bits per heavy atom. The molecule has 6 heteroatoms. The number of amides is 1. The molecule has 122 valence electrons. The van der Waals surface area contributed by atoms with Crippen LogP contribution >= 0.6 is 0 Å². The van der Waals surface area contributed by atoms with E-state index < -0.39 is 17.5 Å². The summed E-state index contributed by atoms with van der Waals surface area (Å²) in [5, 5.41) is 2.55. The number of methoxy groups -OCH3 is 1. The Morgan fingerprint density at radius 1 is 1.12 bits per heavy atom. The van der Waals surface area contributed by atoms with Gasteiger partial charge in [0.15, 0.2) is 11.6 Å². The highest BCUT2D eigenvalue weighted by Gasteiger charge is 2.22. The lowest BCUT2D eigenvalue weighted by molar-refractivity contribution is -0.115. The van der Waals surface area contributed by atoms with Crippen LogP contribution in [0.25, 0.3) is 6.08 Å². The summed E-state index contributed by atoms with van der Waals surface area (Å²) in [7, 11) is 1.54. The van der Waals surface area contributed by atoms with E-state index in [0.29, 0.717) is 16.9 Å². The second-order valence-electron chi connectivity index (χ2n) is 5.32. The third kappa shape index (κ3) is 3.03. The van der Waals surface area contributed by atoms with E-state index in [4.69, 9.17) is 4.74 Å². The Hall–Kier alpha value is -3.02. The fourth-order valence-corrected chi connectivity index (χ4v) is 2.36. The Bertz CT molecular complexity index is 889. The van der Waals surface area contributed by atoms with Gasteiger partial charge in [-0.2, -0.15) is 0 Å². The van der Waals surface area contributed by atoms with Crippen molar-refractivity contribution in [2.75, 3.05) is 7.11 Å². The van der Waals surface area contributed by atoms with E-state index >= 15 is 0 Å². The fraction of sp³-hybridized carbons (Fsp3) is 0.111. The van der Waals surface area contributed by atoms with Crippen molar-refractivity contribution in [1.29, 1.82) is 0 Å². The molecular weight excluding hydrogens is 314 g/mol. The monoisotopic (exact) mass is 328 g/mol. The van der Waals surface area contributed by atoms with Gasteiger partial charge < -0.3 is 10.1 Å². The van der Waals surface area contributed by atoms with Crippen LogP contribution in [-0.4, -0.2) is 18.9 Å². The summed E-state index contributed by atoms with van der Waals surface area (Å²) in [5.74, 6) is -1.58. The van der Waals surface area contributed by atoms with Crippen molar-refractivity contribution in [2.24, 2.45) is 4.99 Å². The summed E-state index contributed by atoms with van der Waals surface area (Å²) in [6.07, 6.45) is 1.59. The van der Waals surface area contributed by atoms with Crippen molar-refractivity contribution >= 4 is 17.8 Å². The molecule has 1 amide bonds. The number of carbonyl (C=O) groups is 1. The highest BCUT2D eigenvalue weighted by Crippen LogP contribution is 2.24. The van der Waals surface area contributed by atoms with Crippen molar-refractivity contribution in [2.45, 2.75) is 6.92 Å². The molecule has 1 aliphatic rings. The maximum absolute atomic E-state index is 13.3. The molecule has 0 spiro atoms. The van der Waals surface area contributed by atoms with E-state index in [1.165, 1.54) is 13.2 Å². The number of ether oxygens (including phenoxy) is 1. The molecule has 3 rings (SSSR count). The second kappa shape index (κ2) is 6.23. The highest BCUT2D eigenvalue weighted by molar-refractivity contribution is 6.19. The molecule has 0 unspecified atom stereocenters. The van der Waals surface area contributed by atoms with Crippen LogP contribution in [0.2, 0.25) is 0 Å². The van der Waals surface area contributed by atoms with Gasteiger partial charge in [-0.3, -0.25) is 4.79 Å². The number of nitrogens with zero attached hydrogens (tertiary/aromatic N) is 1. The molecule has 2 aromatic carbocycles. The summed E-state index contributed by atoms with van der Waals surface area (Å²) in [4.78, 5) is 16.3. The third-order valence-corrected chi connectivity index (χ3v) is 3.57. The first kappa shape index (κ1) is 15.9. The third-order valence-electron chi connectivity index (χ3n) is 3.57. The van der Waals surface area contributed by atoms with Gasteiger partial charge in [0.25, 0.3) is 5.91 Å². The Labute approximate surface area is 137 Å². The first-order valence-corrected chi connectivity index (χ1v) is 7.20. The molecule has 0 bridgehead atoms. The zero-order chi connectivity index (χ0) is 17.3. The lowest BCUT2D eigenvalue weighted by Crippen LogP contribution is -2.24. The number of benzene rings is 2. The molecule has 1 heterocycles. The number of halogens is 2. The molecule has 4 nitrogen and oxygen atoms in total. The number of aliphatic imine (C=N–C) groups is 1. The predicted molar refractivity (Wildman–Crippen MR) is 86.7 cm³/mol. The minimum Gasteiger partial charge on any atom is -0.496 e. The molecule has 1 N–H and O–H groups in total. The van der Waals surface area contributed by atoms with Crippen molar-refractivity contribution in [1.82, 2.24) is 5.32 Å². The summed E-state index contributed by atoms with van der Waals surface area (Å²) < 4.78 is 31.6. The molecule has 0 atom stereocenters. The molecule has 0 aliphatic carbocycles. The molecule has 2 aromatic rings. The van der Waals surface area contributed by atoms with Crippen LogP contribution in [-0.2, 0) is 4.79 Å². The van der Waals surface area contributed by atoms with Crippen molar-refractivity contribution in [3.63, 3.8) is 0 Å². The first-order valence-electron chi connectivity index (χ1n) is 7.20. The summed E-state index contributed by atoms with van der Waals surface area (Å²) in [6, 6.07) is 8.90. The smallest absolute Gasteiger partial charge is 0.275 e. The highest BCUT2D eigenvalue weighted by atomic mass is 19.2. The van der Waals surface area contributed by atoms with Gasteiger partial charge in [-0.1, -0.05) is 11.6 Å². The summed E-state index contributed by atoms with van der Waals surface area (Å²) in [5.41, 5.74) is 2.17. The average molecular weight is 328 g/mol. The van der Waals surface area contributed by atoms with E-state index in [2.05, 4.69) is 10.3 Å². The maximum Gasteiger partial charge on any atom is 0.275 e. The first-order chi connectivity index (χ1) is 11.5. The Balaban J connectivity index is 2.00. The van der Waals surface area contributed by atoms with Gasteiger partial charge in [-0.05, 0) is 43.3 Å². The van der Waals surface area contributed by atoms with Gasteiger partial charge in [0.1, 0.15) is 17.3 Å². The Kier molecular flexibility index (Phi) is 4.12. The molecule has 0 saturated heterocycles. The van der Waals surface area contributed by atoms with Crippen molar-refractivity contribution in [3.8, 4) is 5.75 Å². The number of amidine groups is 1. The van der Waals surface area contributed by atoms with Crippen molar-refractivity contribution in [3.05, 3.63) is 70.4 Å². The molecule has 0 radical (unpaired) electrons. The summed E-state index contributed by atoms with van der Waals surface area (Å²) >= 11 is 0. The largest absolute Gasteiger partial charge is 0.496 e. The number of carbonyl (C=O) groups excluding carboxylic acids is 1. The molecule has 0 aromatic heterocycles. The minimum absolute atomic E-state index is 0.165. The maximum atomic E-state index is 13.3. The zero-order valence-corrected chi connectivity index (χ0v) is 13.1. The number of nitrogens with one attached hydrogen (secondary N) is 1. The lowest BCUT2D eigenvalue weighted by atomic mass is 10.1. The molecule has 0 fully saturated rings. The minimum atomic E-state index is -0.998. The van der Waals surface area contributed by atoms with Gasteiger partial charge in [0.2, 0.25) is 0 Å². The molecule has 24 heavy (non-hydrogen) atoms. The van der Waals surface area contributed by atoms with Gasteiger partial charge in [0.05, 0.1) is 7.11 Å². The van der Waals surface area contributed by atoms with Crippen LogP contribution in [0.1, 0.15) is 16.7 Å². The van der Waals surface area contributed by atoms with E-state index in [-0.39, 0.29) is 11.5 Å². The van der Waals surface area contributed by atoms with Crippen LogP contribution in [0.5, 0.6) is 5.75 Å². The zero-order valence-electron chi connectivity index (χ0n) is 13.1. The standard InChI is InChI=1S/C18H14F2N2O2/c1-10-3-6-16(24-2)12(7-10)9-15-18(23)22-17(21-15)11-4-5-13(19)14(20)8-11/h3-9H,1-2H3,(H,21,22,23)/b15-9+. The van der Waals surface area contributed by atoms with Crippen LogP contribution < -0.4 is 10.1 Å². The van der Waals surface area contributed by atoms with Gasteiger partial charge in [-0.15, -0.1) is 0 Å². The molecular formula is C18H14F2N2O2. The normalized spacial score (nSPS) is 15.4. The number of rotatable bonds is 3. The lowest BCUT2D eigenvalue weighted by Gasteiger charge is -2.05. The van der Waals surface area contributed by atoms with Crippen LogP contribution in [0, 0.1) is 18.6 Å². The van der Waals surface area contributed by atoms with Crippen molar-refractivity contribution < 1.29 is 18.3 Å². The topological polar surface area (TPSA) is 50.7 Å². The Morgan fingerprint density at radius 3 is 2.62 bits per heavy atom. The quantitative estimate of drug-likeness (QED) is 0.880. The second-order valence-corrected chi connectivity index (χ2v) is 5.32. The van der Waals surface area contributed by atoms with E-state index in [9.17, 15) is 13.6 Å². The average Bonchev–Trinajstić information content (AvgIpc) is 2.91. The molecule has 0 saturated carbocycles. The predicted octanol–water partition coefficient (Wildman–Crippen LogP) is 3.20. The van der Waals surface area contributed by atoms with Crippen LogP contribution in [0.4, 0.5) is 8.78 Å². The number of aryl methyl sites for hydroxylation is 1. The SMILES string of the molecule is COc1ccc(C)cc1/C=C1/N=C(c2ccc(F)c(F)c2)NC1=O. The van der Waals surface area contributed by atoms with E-state index in [1.807, 2.05) is 19.1 Å². The van der Waals surface area contributed by atoms with Gasteiger partial charge in [0, 0.05) is 11.1 Å². The van der Waals surface area contributed by atoms with Crippen LogP contribution in [0.15, 0.2) is 47.1 Å². The molecule has 1 aliphatic heterocycles. The number of hydrogen-bond donors (Lipinski definition) is 1. The number of hydrogen-bond acceptors (Lipinski definition) is 3. The van der Waals surface area contributed by atoms with Gasteiger partial charge in [-0.25, -0.2) is 13.8 Å². The van der Waals surface area contributed by atoms with E-state index in [0.717, 1.165) is 17.7 Å². The van der Waals surface area contributed by atoms with Crippen LogP contribution in [0.3, 0.4) is 0 Å². The fourth-order valence-electron chi connectivity index (χ4n) is 2.36. The van der Waals surface area contributed by atoms with Gasteiger partial charge >= 0.3 is 0 Å². The van der Waals surface area contributed by atoms with E-state index in [1.54, 1.807) is 12.1 Å². The summed E-state index contributed by atoms with van der Waals surface area (Å²) in [6.45, 7) is 1.92.